The Kier molecular flexibility index (Phi) is 15.5. The van der Waals surface area contributed by atoms with E-state index in [-0.39, 0.29) is 27.8 Å². The van der Waals surface area contributed by atoms with Gasteiger partial charge in [-0.15, -0.1) is 0 Å². The van der Waals surface area contributed by atoms with Crippen molar-refractivity contribution in [1.29, 1.82) is 0 Å². The predicted molar refractivity (Wildman–Crippen MR) is 198 cm³/mol. The lowest BCUT2D eigenvalue weighted by molar-refractivity contribution is -0.384. The zero-order valence-corrected chi connectivity index (χ0v) is 30.9. The number of nitrogens with one attached hydrogen (secondary N) is 2. The summed E-state index contributed by atoms with van der Waals surface area (Å²) in [6, 6.07) is 6.99. The Morgan fingerprint density at radius 1 is 0.898 bits per heavy atom. The van der Waals surface area contributed by atoms with Crippen molar-refractivity contribution in [3.05, 3.63) is 57.7 Å². The van der Waals surface area contributed by atoms with E-state index in [0.29, 0.717) is 17.3 Å². The molecule has 1 atom stereocenters. The normalized spacial score (nSPS) is 12.6. The van der Waals surface area contributed by atoms with Crippen molar-refractivity contribution >= 4 is 61.3 Å². The molecular weight excluding hydrogens is 666 g/mol. The molecule has 0 saturated carbocycles. The van der Waals surface area contributed by atoms with Gasteiger partial charge in [-0.2, -0.15) is 5.10 Å². The molecule has 0 aliphatic heterocycles. The summed E-state index contributed by atoms with van der Waals surface area (Å²) in [4.78, 5) is 38.0. The number of carbonyl (C=O) groups excluding carboxylic acids is 2. The highest BCUT2D eigenvalue weighted by Gasteiger charge is 2.38. The second-order valence-corrected chi connectivity index (χ2v) is 16.1. The molecule has 270 valence electrons. The van der Waals surface area contributed by atoms with Gasteiger partial charge in [-0.1, -0.05) is 123 Å². The molecule has 0 radical (unpaired) electrons. The van der Waals surface area contributed by atoms with E-state index >= 15 is 0 Å². The average Bonchev–Trinajstić information content (AvgIpc) is 3.45. The van der Waals surface area contributed by atoms with Gasteiger partial charge in [-0.25, -0.2) is 13.1 Å². The van der Waals surface area contributed by atoms with Gasteiger partial charge in [0.2, 0.25) is 10.0 Å². The van der Waals surface area contributed by atoms with Gasteiger partial charge in [0.25, 0.3) is 11.6 Å². The minimum absolute atomic E-state index is 0.0258. The van der Waals surface area contributed by atoms with Gasteiger partial charge in [0, 0.05) is 22.9 Å². The molecule has 0 spiro atoms. The lowest BCUT2D eigenvalue weighted by Gasteiger charge is -2.25. The number of halogens is 1. The highest BCUT2D eigenvalue weighted by atomic mass is 35.5. The standard InChI is InChI=1S/C36H52ClN5O6S/c1-5-6-7-8-9-10-11-12-13-14-15-16-17-18-23-49(47,48)40-28-19-21-30(37)31(25-28)39-35(44)33(34(43)36(2,3)4)41-32-22-20-29(42(45)46)24-27(32)26-38-41/h19-22,24-26,33,40H,5-18,23H2,1-4H3,(H,39,44). The maximum absolute atomic E-state index is 13.7. The first-order valence-corrected chi connectivity index (χ1v) is 19.5. The van der Waals surface area contributed by atoms with E-state index in [9.17, 15) is 28.1 Å². The summed E-state index contributed by atoms with van der Waals surface area (Å²) in [5.74, 6) is -1.22. The molecule has 0 saturated heterocycles. The molecular formula is C36H52ClN5O6S. The zero-order chi connectivity index (χ0) is 36.0. The lowest BCUT2D eigenvalue weighted by atomic mass is 9.86. The van der Waals surface area contributed by atoms with Crippen LogP contribution in [0.4, 0.5) is 17.1 Å². The van der Waals surface area contributed by atoms with Crippen molar-refractivity contribution < 1.29 is 22.9 Å². The molecule has 1 unspecified atom stereocenters. The number of non-ortho nitro benzene ring substituents is 1. The number of amides is 1. The highest BCUT2D eigenvalue weighted by Crippen LogP contribution is 2.31. The van der Waals surface area contributed by atoms with Gasteiger partial charge < -0.3 is 5.32 Å². The number of hydrogen-bond donors (Lipinski definition) is 2. The van der Waals surface area contributed by atoms with Gasteiger partial charge in [0.05, 0.1) is 38.8 Å². The number of nitro benzene ring substituents is 1. The van der Waals surface area contributed by atoms with Gasteiger partial charge in [-0.3, -0.25) is 24.4 Å². The molecule has 11 nitrogen and oxygen atoms in total. The van der Waals surface area contributed by atoms with Crippen molar-refractivity contribution in [2.75, 3.05) is 15.8 Å². The van der Waals surface area contributed by atoms with E-state index in [1.807, 2.05) is 0 Å². The lowest BCUT2D eigenvalue weighted by Crippen LogP contribution is -2.39. The van der Waals surface area contributed by atoms with E-state index in [1.165, 1.54) is 111 Å². The number of benzene rings is 2. The molecule has 3 rings (SSSR count). The number of rotatable bonds is 22. The maximum atomic E-state index is 13.7. The monoisotopic (exact) mass is 717 g/mol. The average molecular weight is 718 g/mol. The van der Waals surface area contributed by atoms with E-state index in [2.05, 4.69) is 22.1 Å². The van der Waals surface area contributed by atoms with Crippen LogP contribution in [0.3, 0.4) is 0 Å². The second-order valence-electron chi connectivity index (χ2n) is 13.8. The molecule has 13 heteroatoms. The first-order chi connectivity index (χ1) is 23.2. The van der Waals surface area contributed by atoms with Crippen LogP contribution < -0.4 is 10.0 Å². The number of nitro groups is 1. The summed E-state index contributed by atoms with van der Waals surface area (Å²) in [6.45, 7) is 7.26. The topological polar surface area (TPSA) is 153 Å². The highest BCUT2D eigenvalue weighted by molar-refractivity contribution is 7.92. The number of aromatic nitrogens is 2. The summed E-state index contributed by atoms with van der Waals surface area (Å²) in [6.07, 6.45) is 17.8. The number of anilines is 2. The van der Waals surface area contributed by atoms with E-state index < -0.39 is 38.1 Å². The molecule has 0 fully saturated rings. The third kappa shape index (κ3) is 12.7. The minimum atomic E-state index is -3.65. The quantitative estimate of drug-likeness (QED) is 0.0454. The Morgan fingerprint density at radius 2 is 1.47 bits per heavy atom. The Balaban J connectivity index is 1.55. The number of sulfonamides is 1. The van der Waals surface area contributed by atoms with Crippen LogP contribution >= 0.6 is 11.6 Å². The van der Waals surface area contributed by atoms with Crippen molar-refractivity contribution in [1.82, 2.24) is 9.78 Å². The summed E-state index contributed by atoms with van der Waals surface area (Å²) in [5.41, 5.74) is -0.400. The molecule has 49 heavy (non-hydrogen) atoms. The largest absolute Gasteiger partial charge is 0.322 e. The Labute approximate surface area is 295 Å². The van der Waals surface area contributed by atoms with Crippen molar-refractivity contribution in [3.63, 3.8) is 0 Å². The Bertz CT molecular complexity index is 1670. The Hall–Kier alpha value is -3.51. The molecule has 3 aromatic rings. The van der Waals surface area contributed by atoms with E-state index in [4.69, 9.17) is 11.6 Å². The SMILES string of the molecule is CCCCCCCCCCCCCCCCS(=O)(=O)Nc1ccc(Cl)c(NC(=O)C(C(=O)C(C)(C)C)n2ncc3cc([N+](=O)[O-])ccc32)c1. The van der Waals surface area contributed by atoms with Gasteiger partial charge >= 0.3 is 0 Å². The summed E-state index contributed by atoms with van der Waals surface area (Å²) in [7, 11) is -3.65. The second kappa shape index (κ2) is 19.0. The molecule has 1 aromatic heterocycles. The van der Waals surface area contributed by atoms with Crippen LogP contribution in [0.2, 0.25) is 5.02 Å². The van der Waals surface area contributed by atoms with Crippen LogP contribution in [0, 0.1) is 15.5 Å². The zero-order valence-electron chi connectivity index (χ0n) is 29.3. The first-order valence-electron chi connectivity index (χ1n) is 17.5. The van der Waals surface area contributed by atoms with Gasteiger partial charge in [0.15, 0.2) is 11.8 Å². The number of hydrogen-bond acceptors (Lipinski definition) is 7. The third-order valence-electron chi connectivity index (χ3n) is 8.53. The van der Waals surface area contributed by atoms with Crippen molar-refractivity contribution in [3.8, 4) is 0 Å². The predicted octanol–water partition coefficient (Wildman–Crippen LogP) is 9.62. The molecule has 1 amide bonds. The number of carbonyl (C=O) groups is 2. The first kappa shape index (κ1) is 39.9. The van der Waals surface area contributed by atoms with Crippen LogP contribution in [0.15, 0.2) is 42.6 Å². The summed E-state index contributed by atoms with van der Waals surface area (Å²) >= 11 is 6.39. The Morgan fingerprint density at radius 3 is 2.02 bits per heavy atom. The molecule has 2 aromatic carbocycles. The van der Waals surface area contributed by atoms with Crippen LogP contribution in [-0.4, -0.2) is 40.6 Å². The smallest absolute Gasteiger partial charge is 0.270 e. The van der Waals surface area contributed by atoms with Gasteiger partial charge in [0.1, 0.15) is 0 Å². The molecule has 0 aliphatic carbocycles. The molecule has 0 bridgehead atoms. The van der Waals surface area contributed by atoms with Crippen LogP contribution in [0.25, 0.3) is 10.9 Å². The van der Waals surface area contributed by atoms with E-state index in [1.54, 1.807) is 20.8 Å². The molecule has 1 heterocycles. The van der Waals surface area contributed by atoms with E-state index in [0.717, 1.165) is 19.3 Å². The number of nitrogens with zero attached hydrogens (tertiary/aromatic N) is 3. The number of Topliss-reactive ketones (excluding diaryl/α,β-unsaturated/α-hetero) is 1. The molecule has 0 aliphatic rings. The third-order valence-corrected chi connectivity index (χ3v) is 10.2. The van der Waals surface area contributed by atoms with Crippen molar-refractivity contribution in [2.45, 2.75) is 124 Å². The van der Waals surface area contributed by atoms with Crippen LogP contribution in [0.5, 0.6) is 0 Å². The number of fused-ring (bicyclic) bond motifs is 1. The number of unbranched alkanes of at least 4 members (excludes halogenated alkanes) is 13. The van der Waals surface area contributed by atoms with Crippen LogP contribution in [-0.2, 0) is 19.6 Å². The molecule has 2 N–H and O–H groups in total. The van der Waals surface area contributed by atoms with Crippen molar-refractivity contribution in [2.24, 2.45) is 5.41 Å². The van der Waals surface area contributed by atoms with Crippen LogP contribution in [0.1, 0.15) is 124 Å². The van der Waals surface area contributed by atoms with Gasteiger partial charge in [-0.05, 0) is 30.7 Å². The minimum Gasteiger partial charge on any atom is -0.322 e. The summed E-state index contributed by atoms with van der Waals surface area (Å²) in [5, 5.41) is 18.7. The fraction of sp³-hybridized carbons (Fsp3) is 0.583. The fourth-order valence-corrected chi connectivity index (χ4v) is 7.05. The number of ketones is 1. The summed E-state index contributed by atoms with van der Waals surface area (Å²) < 4.78 is 29.5. The maximum Gasteiger partial charge on any atom is 0.270 e. The fourth-order valence-electron chi connectivity index (χ4n) is 5.71.